The highest BCUT2D eigenvalue weighted by Crippen LogP contribution is 2.38. The Hall–Kier alpha value is -3.59. The van der Waals surface area contributed by atoms with Crippen LogP contribution in [0, 0.1) is 0 Å². The zero-order valence-electron chi connectivity index (χ0n) is 18.7. The predicted octanol–water partition coefficient (Wildman–Crippen LogP) is 4.38. The van der Waals surface area contributed by atoms with Gasteiger partial charge in [0.05, 0.1) is 22.0 Å². The van der Waals surface area contributed by atoms with E-state index in [0.29, 0.717) is 39.7 Å². The fourth-order valence-electron chi connectivity index (χ4n) is 4.32. The molecule has 1 aliphatic rings. The van der Waals surface area contributed by atoms with Crippen molar-refractivity contribution in [2.45, 2.75) is 17.7 Å². The van der Waals surface area contributed by atoms with Gasteiger partial charge in [-0.1, -0.05) is 29.8 Å². The normalized spacial score (nSPS) is 13.0. The molecule has 7 nitrogen and oxygen atoms in total. The minimum absolute atomic E-state index is 0.222. The summed E-state index contributed by atoms with van der Waals surface area (Å²) in [6, 6.07) is 19.7. The van der Waals surface area contributed by atoms with Gasteiger partial charge in [-0.2, -0.15) is 5.10 Å². The molecular weight excluding hydrogens is 484 g/mol. The maximum atomic E-state index is 12.8. The molecule has 176 valence electrons. The van der Waals surface area contributed by atoms with Gasteiger partial charge in [-0.3, -0.25) is 9.59 Å². The fourth-order valence-corrected chi connectivity index (χ4v) is 5.06. The van der Waals surface area contributed by atoms with Crippen molar-refractivity contribution in [3.63, 3.8) is 0 Å². The number of anilines is 1. The van der Waals surface area contributed by atoms with Crippen LogP contribution < -0.4 is 11.1 Å². The SMILES string of the molecule is C[S+]([O-])c1ccc(-n2nc(C(N)=O)c3c2-c2cc(NC(=O)c4ccccc4Cl)ccc2CC3)cc1. The molecule has 0 aliphatic heterocycles. The molecule has 3 N–H and O–H groups in total. The largest absolute Gasteiger partial charge is 0.612 e. The number of hydrogen-bond acceptors (Lipinski definition) is 4. The van der Waals surface area contributed by atoms with Gasteiger partial charge in [0.25, 0.3) is 11.8 Å². The number of nitrogens with one attached hydrogen (secondary N) is 1. The number of aromatic nitrogens is 2. The molecule has 0 fully saturated rings. The molecule has 4 aromatic rings. The van der Waals surface area contributed by atoms with Gasteiger partial charge in [0.15, 0.2) is 10.6 Å². The Morgan fingerprint density at radius 2 is 1.83 bits per heavy atom. The summed E-state index contributed by atoms with van der Waals surface area (Å²) in [7, 11) is 0. The average molecular weight is 505 g/mol. The first kappa shape index (κ1) is 23.2. The van der Waals surface area contributed by atoms with E-state index >= 15 is 0 Å². The van der Waals surface area contributed by atoms with Crippen LogP contribution in [0.15, 0.2) is 71.6 Å². The van der Waals surface area contributed by atoms with Crippen molar-refractivity contribution in [1.82, 2.24) is 9.78 Å². The number of carbonyl (C=O) groups is 2. The van der Waals surface area contributed by atoms with Gasteiger partial charge in [0.1, 0.15) is 6.26 Å². The van der Waals surface area contributed by atoms with E-state index in [9.17, 15) is 14.1 Å². The monoisotopic (exact) mass is 504 g/mol. The molecule has 1 atom stereocenters. The molecule has 3 aromatic carbocycles. The highest BCUT2D eigenvalue weighted by Gasteiger charge is 2.28. The fraction of sp³-hybridized carbons (Fsp3) is 0.115. The van der Waals surface area contributed by atoms with Gasteiger partial charge in [-0.25, -0.2) is 4.68 Å². The van der Waals surface area contributed by atoms with Crippen LogP contribution in [-0.4, -0.2) is 32.4 Å². The number of carbonyl (C=O) groups excluding carboxylic acids is 2. The average Bonchev–Trinajstić information content (AvgIpc) is 3.25. The van der Waals surface area contributed by atoms with Gasteiger partial charge in [0, 0.05) is 16.8 Å². The Morgan fingerprint density at radius 1 is 1.09 bits per heavy atom. The summed E-state index contributed by atoms with van der Waals surface area (Å²) in [6.07, 6.45) is 2.94. The predicted molar refractivity (Wildman–Crippen MR) is 137 cm³/mol. The second-order valence-electron chi connectivity index (χ2n) is 8.21. The molecular formula is C26H21ClN4O3S. The van der Waals surface area contributed by atoms with Crippen LogP contribution in [-0.2, 0) is 24.0 Å². The number of nitrogens with zero attached hydrogens (tertiary/aromatic N) is 2. The lowest BCUT2D eigenvalue weighted by Gasteiger charge is -2.20. The molecule has 2 amide bonds. The summed E-state index contributed by atoms with van der Waals surface area (Å²) in [4.78, 5) is 25.7. The van der Waals surface area contributed by atoms with E-state index in [2.05, 4.69) is 10.4 Å². The number of halogens is 1. The van der Waals surface area contributed by atoms with Crippen molar-refractivity contribution in [1.29, 1.82) is 0 Å². The molecule has 0 saturated carbocycles. The molecule has 1 unspecified atom stereocenters. The van der Waals surface area contributed by atoms with Gasteiger partial charge in [-0.15, -0.1) is 0 Å². The number of aryl methyl sites for hydroxylation is 1. The van der Waals surface area contributed by atoms with E-state index in [-0.39, 0.29) is 11.6 Å². The van der Waals surface area contributed by atoms with Gasteiger partial charge < -0.3 is 15.6 Å². The molecule has 1 heterocycles. The Balaban J connectivity index is 1.59. The molecule has 5 rings (SSSR count). The van der Waals surface area contributed by atoms with Crippen LogP contribution in [0.2, 0.25) is 5.02 Å². The Bertz CT molecular complexity index is 1460. The number of benzene rings is 3. The minimum Gasteiger partial charge on any atom is -0.612 e. The quantitative estimate of drug-likeness (QED) is 0.392. The molecule has 35 heavy (non-hydrogen) atoms. The Labute approximate surface area is 210 Å². The first-order chi connectivity index (χ1) is 16.8. The second-order valence-corrected chi connectivity index (χ2v) is 9.99. The van der Waals surface area contributed by atoms with E-state index < -0.39 is 17.1 Å². The number of hydrogen-bond donors (Lipinski definition) is 2. The van der Waals surface area contributed by atoms with Crippen molar-refractivity contribution in [3.8, 4) is 16.9 Å². The van der Waals surface area contributed by atoms with Crippen LogP contribution in [0.25, 0.3) is 16.9 Å². The van der Waals surface area contributed by atoms with Gasteiger partial charge in [0.2, 0.25) is 0 Å². The van der Waals surface area contributed by atoms with E-state index in [1.165, 1.54) is 0 Å². The maximum Gasteiger partial charge on any atom is 0.269 e. The molecule has 0 bridgehead atoms. The smallest absolute Gasteiger partial charge is 0.269 e. The van der Waals surface area contributed by atoms with Crippen LogP contribution >= 0.6 is 11.6 Å². The van der Waals surface area contributed by atoms with E-state index in [0.717, 1.165) is 22.4 Å². The highest BCUT2D eigenvalue weighted by atomic mass is 35.5. The van der Waals surface area contributed by atoms with Crippen molar-refractivity contribution < 1.29 is 14.1 Å². The second kappa shape index (κ2) is 9.22. The summed E-state index contributed by atoms with van der Waals surface area (Å²) in [5.41, 5.74) is 11.0. The third-order valence-corrected chi connectivity index (χ3v) is 7.28. The number of fused-ring (bicyclic) bond motifs is 3. The first-order valence-corrected chi connectivity index (χ1v) is 12.8. The minimum atomic E-state index is -1.11. The van der Waals surface area contributed by atoms with E-state index in [4.69, 9.17) is 17.3 Å². The van der Waals surface area contributed by atoms with Crippen molar-refractivity contribution in [2.24, 2.45) is 5.73 Å². The summed E-state index contributed by atoms with van der Waals surface area (Å²) in [5.74, 6) is -0.918. The van der Waals surface area contributed by atoms with E-state index in [1.807, 2.05) is 30.3 Å². The zero-order chi connectivity index (χ0) is 24.7. The molecule has 0 saturated heterocycles. The lowest BCUT2D eigenvalue weighted by Crippen LogP contribution is -2.15. The van der Waals surface area contributed by atoms with Crippen molar-refractivity contribution >= 4 is 40.3 Å². The number of primary amides is 1. The molecule has 0 spiro atoms. The molecule has 9 heteroatoms. The zero-order valence-corrected chi connectivity index (χ0v) is 20.3. The Kier molecular flexibility index (Phi) is 6.10. The van der Waals surface area contributed by atoms with Crippen molar-refractivity contribution in [2.75, 3.05) is 11.6 Å². The number of rotatable bonds is 5. The van der Waals surface area contributed by atoms with Crippen LogP contribution in [0.1, 0.15) is 32.0 Å². The summed E-state index contributed by atoms with van der Waals surface area (Å²) in [6.45, 7) is 0. The first-order valence-electron chi connectivity index (χ1n) is 10.9. The van der Waals surface area contributed by atoms with Crippen LogP contribution in [0.5, 0.6) is 0 Å². The molecule has 0 radical (unpaired) electrons. The van der Waals surface area contributed by atoms with Gasteiger partial charge in [-0.05, 0) is 78.1 Å². The van der Waals surface area contributed by atoms with Crippen LogP contribution in [0.4, 0.5) is 5.69 Å². The molecule has 1 aromatic heterocycles. The van der Waals surface area contributed by atoms with Gasteiger partial charge >= 0.3 is 0 Å². The van der Waals surface area contributed by atoms with Crippen LogP contribution in [0.3, 0.4) is 0 Å². The lowest BCUT2D eigenvalue weighted by molar-refractivity contribution is 0.0992. The molecule has 1 aliphatic carbocycles. The Morgan fingerprint density at radius 3 is 2.51 bits per heavy atom. The summed E-state index contributed by atoms with van der Waals surface area (Å²) < 4.78 is 13.5. The maximum absolute atomic E-state index is 12.8. The van der Waals surface area contributed by atoms with E-state index in [1.54, 1.807) is 47.3 Å². The van der Waals surface area contributed by atoms with Crippen molar-refractivity contribution in [3.05, 3.63) is 94.1 Å². The standard InChI is InChI=1S/C26H21ClN4O3S/c1-35(34)18-11-9-17(10-12-18)31-24-20(23(30-31)25(28)32)13-7-15-6-8-16(14-21(15)24)29-26(33)19-4-2-3-5-22(19)27/h2-6,8-12,14H,7,13H2,1H3,(H2,28,32)(H,29,33). The summed E-state index contributed by atoms with van der Waals surface area (Å²) >= 11 is 5.07. The number of nitrogens with two attached hydrogens (primary N) is 1. The third-order valence-electron chi connectivity index (χ3n) is 6.02. The lowest BCUT2D eigenvalue weighted by atomic mass is 9.88. The summed E-state index contributed by atoms with van der Waals surface area (Å²) in [5, 5.41) is 7.82. The third kappa shape index (κ3) is 4.32. The highest BCUT2D eigenvalue weighted by molar-refractivity contribution is 7.90. The number of amides is 2. The topological polar surface area (TPSA) is 113 Å².